The van der Waals surface area contributed by atoms with Crippen LogP contribution in [0.4, 0.5) is 0 Å². The maximum absolute atomic E-state index is 11.3. The minimum absolute atomic E-state index is 0.153. The average Bonchev–Trinajstić information content (AvgIpc) is 3.08. The van der Waals surface area contributed by atoms with Crippen LogP contribution in [0.2, 0.25) is 0 Å². The van der Waals surface area contributed by atoms with Gasteiger partial charge in [-0.05, 0) is 32.4 Å². The number of carbonyl (C=O) groups is 2. The van der Waals surface area contributed by atoms with Crippen molar-refractivity contribution < 1.29 is 9.59 Å². The van der Waals surface area contributed by atoms with E-state index < -0.39 is 11.7 Å². The van der Waals surface area contributed by atoms with E-state index in [-0.39, 0.29) is 17.9 Å². The second-order valence-corrected chi connectivity index (χ2v) is 4.58. The van der Waals surface area contributed by atoms with E-state index in [0.29, 0.717) is 0 Å². The van der Waals surface area contributed by atoms with Crippen molar-refractivity contribution in [2.45, 2.75) is 25.3 Å². The highest BCUT2D eigenvalue weighted by Crippen LogP contribution is 2.38. The Kier molecular flexibility index (Phi) is 2.92. The second kappa shape index (κ2) is 4.22. The van der Waals surface area contributed by atoms with E-state index in [4.69, 9.17) is 11.0 Å². The lowest BCUT2D eigenvalue weighted by molar-refractivity contribution is -0.137. The molecule has 2 atom stereocenters. The van der Waals surface area contributed by atoms with E-state index in [9.17, 15) is 9.59 Å². The van der Waals surface area contributed by atoms with Crippen molar-refractivity contribution >= 4 is 11.7 Å². The van der Waals surface area contributed by atoms with Crippen LogP contribution in [0.25, 0.3) is 0 Å². The minimum atomic E-state index is -0.820. The fraction of sp³-hybridized carbons (Fsp3) is 0.727. The van der Waals surface area contributed by atoms with Gasteiger partial charge in [-0.25, -0.2) is 0 Å². The summed E-state index contributed by atoms with van der Waals surface area (Å²) in [5.74, 6) is -1.29. The number of ketones is 1. The quantitative estimate of drug-likeness (QED) is 0.661. The van der Waals surface area contributed by atoms with Crippen molar-refractivity contribution in [2.75, 3.05) is 13.1 Å². The van der Waals surface area contributed by atoms with Crippen molar-refractivity contribution in [2.24, 2.45) is 17.6 Å². The first-order chi connectivity index (χ1) is 7.63. The van der Waals surface area contributed by atoms with Gasteiger partial charge in [-0.2, -0.15) is 5.26 Å². The Labute approximate surface area is 94.2 Å². The van der Waals surface area contributed by atoms with Crippen LogP contribution in [0.1, 0.15) is 19.3 Å². The molecule has 0 radical (unpaired) electrons. The Morgan fingerprint density at radius 1 is 1.31 bits per heavy atom. The molecule has 1 aliphatic carbocycles. The van der Waals surface area contributed by atoms with Crippen LogP contribution in [0, 0.1) is 23.2 Å². The zero-order valence-corrected chi connectivity index (χ0v) is 9.06. The number of nitrogens with zero attached hydrogens (tertiary/aromatic N) is 2. The van der Waals surface area contributed by atoms with E-state index in [1.807, 2.05) is 0 Å². The van der Waals surface area contributed by atoms with E-state index in [2.05, 4.69) is 11.0 Å². The number of nitrogens with two attached hydrogens (primary N) is 1. The predicted octanol–water partition coefficient (Wildman–Crippen LogP) is -0.335. The molecule has 1 saturated heterocycles. The van der Waals surface area contributed by atoms with Crippen LogP contribution < -0.4 is 5.73 Å². The van der Waals surface area contributed by atoms with Gasteiger partial charge in [0.25, 0.3) is 5.91 Å². The molecule has 2 unspecified atom stereocenters. The molecule has 0 aromatic rings. The number of Topliss-reactive ketones (excluding diaryl/α,β-unsaturated/α-hetero) is 1. The second-order valence-electron chi connectivity index (χ2n) is 4.58. The summed E-state index contributed by atoms with van der Waals surface area (Å²) in [7, 11) is 0. The molecule has 16 heavy (non-hydrogen) atoms. The molecule has 0 bridgehead atoms. The van der Waals surface area contributed by atoms with Crippen molar-refractivity contribution in [1.29, 1.82) is 5.26 Å². The maximum atomic E-state index is 11.3. The summed E-state index contributed by atoms with van der Waals surface area (Å²) in [6.07, 6.45) is 2.48. The SMILES string of the molecule is N#CC1CCN(C2CC2C(=O)C(N)=O)CC1. The number of likely N-dealkylation sites (tertiary alicyclic amines) is 1. The summed E-state index contributed by atoms with van der Waals surface area (Å²) in [4.78, 5) is 24.3. The summed E-state index contributed by atoms with van der Waals surface area (Å²) in [6.45, 7) is 1.71. The van der Waals surface area contributed by atoms with Crippen molar-refractivity contribution in [1.82, 2.24) is 4.90 Å². The lowest BCUT2D eigenvalue weighted by Crippen LogP contribution is -2.37. The largest absolute Gasteiger partial charge is 0.363 e. The van der Waals surface area contributed by atoms with Crippen molar-refractivity contribution in [3.63, 3.8) is 0 Å². The van der Waals surface area contributed by atoms with Gasteiger partial charge >= 0.3 is 0 Å². The van der Waals surface area contributed by atoms with Crippen LogP contribution in [-0.2, 0) is 9.59 Å². The monoisotopic (exact) mass is 221 g/mol. The standard InChI is InChI=1S/C11H15N3O2/c12-6-7-1-3-14(4-2-7)9-5-8(9)10(15)11(13)16/h7-9H,1-5H2,(H2,13,16). The summed E-state index contributed by atoms with van der Waals surface area (Å²) < 4.78 is 0. The first kappa shape index (κ1) is 11.1. The molecule has 2 rings (SSSR count). The molecule has 1 amide bonds. The van der Waals surface area contributed by atoms with Gasteiger partial charge < -0.3 is 5.73 Å². The molecule has 0 aromatic heterocycles. The minimum Gasteiger partial charge on any atom is -0.363 e. The molecule has 2 N–H and O–H groups in total. The lowest BCUT2D eigenvalue weighted by atomic mass is 9.98. The molecular weight excluding hydrogens is 206 g/mol. The Morgan fingerprint density at radius 2 is 1.94 bits per heavy atom. The zero-order valence-electron chi connectivity index (χ0n) is 9.06. The van der Waals surface area contributed by atoms with E-state index in [0.717, 1.165) is 32.4 Å². The molecular formula is C11H15N3O2. The number of hydrogen-bond acceptors (Lipinski definition) is 4. The van der Waals surface area contributed by atoms with Gasteiger partial charge in [0.15, 0.2) is 0 Å². The number of rotatable bonds is 3. The van der Waals surface area contributed by atoms with Crippen molar-refractivity contribution in [3.05, 3.63) is 0 Å². The van der Waals surface area contributed by atoms with E-state index in [1.54, 1.807) is 0 Å². The van der Waals surface area contributed by atoms with Crippen LogP contribution in [0.5, 0.6) is 0 Å². The smallest absolute Gasteiger partial charge is 0.285 e. The maximum Gasteiger partial charge on any atom is 0.285 e. The zero-order chi connectivity index (χ0) is 11.7. The van der Waals surface area contributed by atoms with Crippen LogP contribution >= 0.6 is 0 Å². The number of piperidine rings is 1. The highest BCUT2D eigenvalue weighted by atomic mass is 16.2. The van der Waals surface area contributed by atoms with E-state index >= 15 is 0 Å². The Bertz CT molecular complexity index is 353. The third-order valence-electron chi connectivity index (χ3n) is 3.52. The topological polar surface area (TPSA) is 87.2 Å². The molecule has 1 heterocycles. The lowest BCUT2D eigenvalue weighted by Gasteiger charge is -2.29. The molecule has 0 aromatic carbocycles. The first-order valence-corrected chi connectivity index (χ1v) is 5.60. The predicted molar refractivity (Wildman–Crippen MR) is 56.0 cm³/mol. The Morgan fingerprint density at radius 3 is 2.44 bits per heavy atom. The van der Waals surface area contributed by atoms with E-state index in [1.165, 1.54) is 0 Å². The molecule has 2 fully saturated rings. The fourth-order valence-corrected chi connectivity index (χ4v) is 2.41. The van der Waals surface area contributed by atoms with Gasteiger partial charge in [0.1, 0.15) is 0 Å². The van der Waals surface area contributed by atoms with Gasteiger partial charge in [0.2, 0.25) is 5.78 Å². The average molecular weight is 221 g/mol. The summed E-state index contributed by atoms with van der Waals surface area (Å²) in [6, 6.07) is 2.46. The third kappa shape index (κ3) is 2.07. The first-order valence-electron chi connectivity index (χ1n) is 5.60. The van der Waals surface area contributed by atoms with Crippen LogP contribution in [0.3, 0.4) is 0 Å². The summed E-state index contributed by atoms with van der Waals surface area (Å²) in [5.41, 5.74) is 4.96. The number of nitriles is 1. The Balaban J connectivity index is 1.83. The molecule has 2 aliphatic rings. The highest BCUT2D eigenvalue weighted by Gasteiger charge is 2.48. The number of hydrogen-bond donors (Lipinski definition) is 1. The summed E-state index contributed by atoms with van der Waals surface area (Å²) >= 11 is 0. The van der Waals surface area contributed by atoms with Crippen molar-refractivity contribution in [3.8, 4) is 6.07 Å². The normalized spacial score (nSPS) is 30.7. The molecule has 1 saturated carbocycles. The van der Waals surface area contributed by atoms with Gasteiger partial charge in [0.05, 0.1) is 6.07 Å². The number of carbonyl (C=O) groups excluding carboxylic acids is 2. The van der Waals surface area contributed by atoms with Gasteiger partial charge in [-0.15, -0.1) is 0 Å². The molecule has 0 spiro atoms. The van der Waals surface area contributed by atoms with Gasteiger partial charge in [0, 0.05) is 17.9 Å². The van der Waals surface area contributed by atoms with Gasteiger partial charge in [-0.3, -0.25) is 14.5 Å². The van der Waals surface area contributed by atoms with Crippen LogP contribution in [-0.4, -0.2) is 35.7 Å². The Hall–Kier alpha value is -1.41. The van der Waals surface area contributed by atoms with Gasteiger partial charge in [-0.1, -0.05) is 0 Å². The summed E-state index contributed by atoms with van der Waals surface area (Å²) in [5, 5.41) is 8.76. The number of amides is 1. The molecule has 86 valence electrons. The fourth-order valence-electron chi connectivity index (χ4n) is 2.41. The van der Waals surface area contributed by atoms with Crippen LogP contribution in [0.15, 0.2) is 0 Å². The highest BCUT2D eigenvalue weighted by molar-refractivity contribution is 6.37. The third-order valence-corrected chi connectivity index (χ3v) is 3.52. The molecule has 5 nitrogen and oxygen atoms in total. The number of primary amides is 1. The molecule has 1 aliphatic heterocycles. The molecule has 5 heteroatoms.